The van der Waals surface area contributed by atoms with Crippen molar-refractivity contribution >= 4 is 52.7 Å². The van der Waals surface area contributed by atoms with Crippen LogP contribution in [0.3, 0.4) is 0 Å². The number of quaternary nitrogens is 1. The fourth-order valence-corrected chi connectivity index (χ4v) is 3.57. The van der Waals surface area contributed by atoms with Crippen LogP contribution in [-0.2, 0) is 11.3 Å². The molecule has 1 heterocycles. The van der Waals surface area contributed by atoms with Crippen LogP contribution in [0.25, 0.3) is 0 Å². The number of ether oxygens (including phenoxy) is 1. The number of nitrogens with zero attached hydrogens (tertiary/aromatic N) is 2. The van der Waals surface area contributed by atoms with Gasteiger partial charge in [0.15, 0.2) is 6.34 Å². The highest BCUT2D eigenvalue weighted by atomic mass is 35.5. The summed E-state index contributed by atoms with van der Waals surface area (Å²) in [7, 11) is 0. The summed E-state index contributed by atoms with van der Waals surface area (Å²) < 4.78 is 6.15. The molecule has 0 amide bonds. The molecule has 0 aromatic heterocycles. The van der Waals surface area contributed by atoms with E-state index in [1.165, 1.54) is 0 Å². The first-order valence-corrected chi connectivity index (χ1v) is 9.65. The molecule has 154 valence electrons. The molecule has 0 saturated carbocycles. The predicted octanol–water partition coefficient (Wildman–Crippen LogP) is 4.72. The lowest BCUT2D eigenvalue weighted by atomic mass is 10.1. The van der Waals surface area contributed by atoms with Gasteiger partial charge >= 0.3 is 0 Å². The van der Waals surface area contributed by atoms with Gasteiger partial charge in [0.25, 0.3) is 0 Å². The Labute approximate surface area is 186 Å². The summed E-state index contributed by atoms with van der Waals surface area (Å²) in [5.74, 6) is 0. The van der Waals surface area contributed by atoms with Crippen molar-refractivity contribution < 1.29 is 14.7 Å². The van der Waals surface area contributed by atoms with Gasteiger partial charge in [0.2, 0.25) is 0 Å². The van der Waals surface area contributed by atoms with Crippen LogP contribution in [0.5, 0.6) is 0 Å². The number of rotatable bonds is 6. The summed E-state index contributed by atoms with van der Waals surface area (Å²) in [5, 5.41) is 17.0. The molecule has 1 aliphatic rings. The van der Waals surface area contributed by atoms with Crippen LogP contribution < -0.4 is 4.90 Å². The van der Waals surface area contributed by atoms with Crippen molar-refractivity contribution in [1.82, 2.24) is 0 Å². The second kappa shape index (κ2) is 11.3. The molecule has 1 aliphatic heterocycles. The van der Waals surface area contributed by atoms with E-state index in [2.05, 4.69) is 4.99 Å². The Kier molecular flexibility index (Phi) is 9.16. The highest BCUT2D eigenvalue weighted by molar-refractivity contribution is 6.36. The third-order valence-electron chi connectivity index (χ3n) is 3.84. The summed E-state index contributed by atoms with van der Waals surface area (Å²) in [6.07, 6.45) is 5.23. The minimum absolute atomic E-state index is 0.274. The van der Waals surface area contributed by atoms with Crippen molar-refractivity contribution in [2.45, 2.75) is 12.7 Å². The van der Waals surface area contributed by atoms with Crippen LogP contribution in [0.1, 0.15) is 17.2 Å². The van der Waals surface area contributed by atoms with E-state index < -0.39 is 5.09 Å². The maximum atomic E-state index is 8.25. The zero-order chi connectivity index (χ0) is 21.4. The molecule has 2 aromatic carbocycles. The Bertz CT molecular complexity index is 888. The van der Waals surface area contributed by atoms with Gasteiger partial charge in [-0.2, -0.15) is 0 Å². The predicted molar refractivity (Wildman–Crippen MR) is 114 cm³/mol. The number of halogens is 4. The first-order chi connectivity index (χ1) is 13.8. The SMILES string of the molecule is Clc1ccc(C(C[NH+]2C=CN=C2)OCc2c(Cl)cccc2Cl)c(Cl)c1.O=[N+]([O-])[O-]. The number of hydrogen-bond acceptors (Lipinski definition) is 5. The van der Waals surface area contributed by atoms with E-state index in [-0.39, 0.29) is 12.7 Å². The van der Waals surface area contributed by atoms with Gasteiger partial charge in [-0.1, -0.05) is 58.5 Å². The van der Waals surface area contributed by atoms with Crippen molar-refractivity contribution in [3.63, 3.8) is 0 Å². The molecule has 0 radical (unpaired) electrons. The summed E-state index contributed by atoms with van der Waals surface area (Å²) in [4.78, 5) is 13.4. The van der Waals surface area contributed by atoms with E-state index in [1.807, 2.05) is 18.6 Å². The molecule has 0 saturated heterocycles. The molecule has 3 rings (SSSR count). The Morgan fingerprint density at radius 2 is 1.72 bits per heavy atom. The van der Waals surface area contributed by atoms with Gasteiger partial charge < -0.3 is 20.1 Å². The molecule has 0 bridgehead atoms. The van der Waals surface area contributed by atoms with Gasteiger partial charge in [0.1, 0.15) is 18.8 Å². The minimum Gasteiger partial charge on any atom is -0.363 e. The monoisotopic (exact) mass is 477 g/mol. The molecule has 2 aromatic rings. The topological polar surface area (TPSA) is 92.2 Å². The van der Waals surface area contributed by atoms with E-state index >= 15 is 0 Å². The Morgan fingerprint density at radius 1 is 1.07 bits per heavy atom. The summed E-state index contributed by atoms with van der Waals surface area (Å²) in [6.45, 7) is 0.902. The summed E-state index contributed by atoms with van der Waals surface area (Å²) >= 11 is 24.9. The number of benzene rings is 2. The van der Waals surface area contributed by atoms with Gasteiger partial charge in [0, 0.05) is 31.2 Å². The minimum atomic E-state index is -1.75. The van der Waals surface area contributed by atoms with Crippen molar-refractivity contribution in [1.29, 1.82) is 0 Å². The van der Waals surface area contributed by atoms with Crippen LogP contribution in [0, 0.1) is 15.3 Å². The fraction of sp³-hybridized carbons (Fsp3) is 0.167. The Morgan fingerprint density at radius 3 is 2.28 bits per heavy atom. The Balaban J connectivity index is 0.000000687. The number of hydrogen-bond donors (Lipinski definition) is 1. The van der Waals surface area contributed by atoms with Crippen molar-refractivity contribution in [2.75, 3.05) is 6.54 Å². The Hall–Kier alpha value is -1.87. The number of nitrogens with one attached hydrogen (secondary N) is 1. The highest BCUT2D eigenvalue weighted by Crippen LogP contribution is 2.31. The second-order valence-electron chi connectivity index (χ2n) is 5.76. The van der Waals surface area contributed by atoms with Crippen LogP contribution in [0.15, 0.2) is 53.8 Å². The average Bonchev–Trinajstić information content (AvgIpc) is 3.13. The van der Waals surface area contributed by atoms with Gasteiger partial charge in [-0.25, -0.2) is 4.99 Å². The lowest BCUT2D eigenvalue weighted by Gasteiger charge is -2.21. The van der Waals surface area contributed by atoms with Gasteiger partial charge in [-0.3, -0.25) is 4.90 Å². The van der Waals surface area contributed by atoms with Gasteiger partial charge in [-0.15, -0.1) is 0 Å². The van der Waals surface area contributed by atoms with E-state index in [1.54, 1.807) is 36.5 Å². The maximum absolute atomic E-state index is 8.25. The van der Waals surface area contributed by atoms with E-state index in [0.717, 1.165) is 16.0 Å². The van der Waals surface area contributed by atoms with E-state index in [9.17, 15) is 0 Å². The molecule has 1 N–H and O–H groups in total. The molecule has 0 fully saturated rings. The van der Waals surface area contributed by atoms with Crippen molar-refractivity contribution in [2.24, 2.45) is 4.99 Å². The van der Waals surface area contributed by atoms with Crippen molar-refractivity contribution in [3.05, 3.63) is 95.3 Å². The smallest absolute Gasteiger partial charge is 0.193 e. The molecule has 7 nitrogen and oxygen atoms in total. The largest absolute Gasteiger partial charge is 0.363 e. The van der Waals surface area contributed by atoms with E-state index in [4.69, 9.17) is 66.5 Å². The van der Waals surface area contributed by atoms with Gasteiger partial charge in [-0.05, 0) is 24.3 Å². The zero-order valence-electron chi connectivity index (χ0n) is 14.7. The fourth-order valence-electron chi connectivity index (χ4n) is 2.53. The molecule has 2 atom stereocenters. The van der Waals surface area contributed by atoms with Crippen molar-refractivity contribution in [3.8, 4) is 0 Å². The third kappa shape index (κ3) is 7.47. The molecule has 0 aliphatic carbocycles. The second-order valence-corrected chi connectivity index (χ2v) is 7.42. The lowest BCUT2D eigenvalue weighted by molar-refractivity contribution is -0.742. The third-order valence-corrected chi connectivity index (χ3v) is 5.11. The first-order valence-electron chi connectivity index (χ1n) is 8.14. The summed E-state index contributed by atoms with van der Waals surface area (Å²) in [5.41, 5.74) is 1.61. The highest BCUT2D eigenvalue weighted by Gasteiger charge is 2.23. The van der Waals surface area contributed by atoms with Crippen LogP contribution in [0.4, 0.5) is 0 Å². The maximum Gasteiger partial charge on any atom is 0.193 e. The summed E-state index contributed by atoms with van der Waals surface area (Å²) in [6, 6.07) is 10.8. The zero-order valence-corrected chi connectivity index (χ0v) is 17.8. The lowest BCUT2D eigenvalue weighted by Crippen LogP contribution is -3.06. The normalized spacial score (nSPS) is 15.7. The molecular weight excluding hydrogens is 464 g/mol. The number of aliphatic imine (C=N–C) groups is 1. The average molecular weight is 479 g/mol. The molecule has 11 heteroatoms. The molecule has 2 unspecified atom stereocenters. The van der Waals surface area contributed by atoms with E-state index in [0.29, 0.717) is 26.6 Å². The van der Waals surface area contributed by atoms with Gasteiger partial charge in [0.05, 0.1) is 17.9 Å². The molecular formula is C18H15Cl4N3O4. The standard InChI is InChI=1S/C18H14Cl4N2O.NO3/c19-12-4-5-13(17(22)8-12)18(9-24-7-6-23-11-24)25-10-14-15(20)2-1-3-16(14)21;2-1(3)4/h1-8,11,18H,9-10H2;/q;-1/p+1. The molecule has 0 spiro atoms. The first kappa shape index (κ1) is 23.4. The van der Waals surface area contributed by atoms with Crippen LogP contribution in [-0.4, -0.2) is 18.0 Å². The van der Waals surface area contributed by atoms with Crippen LogP contribution >= 0.6 is 46.4 Å². The quantitative estimate of drug-likeness (QED) is 0.480. The van der Waals surface area contributed by atoms with Crippen LogP contribution in [0.2, 0.25) is 20.1 Å². The molecule has 29 heavy (non-hydrogen) atoms.